The van der Waals surface area contributed by atoms with Gasteiger partial charge in [-0.2, -0.15) is 0 Å². The summed E-state index contributed by atoms with van der Waals surface area (Å²) in [6, 6.07) is 4.16. The molecule has 164 valence electrons. The number of amides is 2. The van der Waals surface area contributed by atoms with Crippen LogP contribution in [0.2, 0.25) is 0 Å². The van der Waals surface area contributed by atoms with Gasteiger partial charge < -0.3 is 20.4 Å². The van der Waals surface area contributed by atoms with E-state index in [4.69, 9.17) is 5.73 Å². The summed E-state index contributed by atoms with van der Waals surface area (Å²) in [7, 11) is 0. The lowest BCUT2D eigenvalue weighted by atomic mass is 10.00. The number of likely N-dealkylation sites (tertiary alicyclic amines) is 1. The van der Waals surface area contributed by atoms with Crippen LogP contribution in [0.3, 0.4) is 0 Å². The van der Waals surface area contributed by atoms with Crippen LogP contribution in [0, 0.1) is 19.8 Å². The van der Waals surface area contributed by atoms with E-state index in [1.165, 1.54) is 5.69 Å². The lowest BCUT2D eigenvalue weighted by Crippen LogP contribution is -2.51. The quantitative estimate of drug-likeness (QED) is 0.749. The molecule has 0 saturated carbocycles. The molecule has 0 bridgehead atoms. The van der Waals surface area contributed by atoms with Gasteiger partial charge in [-0.1, -0.05) is 0 Å². The van der Waals surface area contributed by atoms with E-state index in [2.05, 4.69) is 22.0 Å². The molecule has 3 rings (SSSR count). The second kappa shape index (κ2) is 11.0. The van der Waals surface area contributed by atoms with Gasteiger partial charge in [0.05, 0.1) is 5.92 Å². The number of carbonyl (C=O) groups excluding carboxylic acids is 2. The Hall–Kier alpha value is -1.57. The molecule has 29 heavy (non-hydrogen) atoms. The molecule has 2 saturated heterocycles. The van der Waals surface area contributed by atoms with E-state index in [-0.39, 0.29) is 48.6 Å². The third kappa shape index (κ3) is 6.46. The zero-order valence-corrected chi connectivity index (χ0v) is 19.1. The van der Waals surface area contributed by atoms with Crippen molar-refractivity contribution in [2.45, 2.75) is 39.7 Å². The second-order valence-electron chi connectivity index (χ2n) is 7.88. The smallest absolute Gasteiger partial charge is 0.227 e. The number of halogens is 2. The van der Waals surface area contributed by atoms with Crippen LogP contribution in [0.4, 0.5) is 5.69 Å². The fourth-order valence-electron chi connectivity index (χ4n) is 4.12. The van der Waals surface area contributed by atoms with Crippen LogP contribution in [-0.4, -0.2) is 71.9 Å². The number of carbonyl (C=O) groups is 2. The molecule has 2 atom stereocenters. The van der Waals surface area contributed by atoms with Crippen molar-refractivity contribution in [3.63, 3.8) is 0 Å². The fraction of sp³-hybridized carbons (Fsp3) is 0.650. The number of piperazine rings is 1. The molecule has 2 N–H and O–H groups in total. The maximum Gasteiger partial charge on any atom is 0.227 e. The van der Waals surface area contributed by atoms with E-state index in [0.717, 1.165) is 37.3 Å². The Balaban J connectivity index is 0.00000210. The lowest BCUT2D eigenvalue weighted by molar-refractivity contribution is -0.138. The van der Waals surface area contributed by atoms with Crippen molar-refractivity contribution in [1.82, 2.24) is 14.8 Å². The van der Waals surface area contributed by atoms with Gasteiger partial charge in [0.15, 0.2) is 0 Å². The van der Waals surface area contributed by atoms with Gasteiger partial charge in [0, 0.05) is 69.3 Å². The van der Waals surface area contributed by atoms with E-state index >= 15 is 0 Å². The Labute approximate surface area is 185 Å². The fourth-order valence-corrected chi connectivity index (χ4v) is 4.12. The normalized spacial score (nSPS) is 22.3. The lowest BCUT2D eigenvalue weighted by Gasteiger charge is -2.38. The molecule has 7 nitrogen and oxygen atoms in total. The van der Waals surface area contributed by atoms with Crippen molar-refractivity contribution in [2.75, 3.05) is 44.2 Å². The molecule has 2 fully saturated rings. The first-order chi connectivity index (χ1) is 12.8. The van der Waals surface area contributed by atoms with Gasteiger partial charge in [-0.15, -0.1) is 24.8 Å². The summed E-state index contributed by atoms with van der Waals surface area (Å²) >= 11 is 0. The molecule has 0 radical (unpaired) electrons. The summed E-state index contributed by atoms with van der Waals surface area (Å²) in [6.07, 6.45) is 1.54. The van der Waals surface area contributed by atoms with Gasteiger partial charge in [-0.05, 0) is 38.8 Å². The first-order valence-corrected chi connectivity index (χ1v) is 9.83. The van der Waals surface area contributed by atoms with Crippen LogP contribution < -0.4 is 10.6 Å². The summed E-state index contributed by atoms with van der Waals surface area (Å²) in [6.45, 7) is 9.66. The molecular formula is C20H33Cl2N5O2. The highest BCUT2D eigenvalue weighted by Crippen LogP contribution is 2.22. The summed E-state index contributed by atoms with van der Waals surface area (Å²) in [5.74, 6) is 0.0231. The first kappa shape index (κ1) is 25.5. The molecule has 9 heteroatoms. The maximum absolute atomic E-state index is 13.1. The van der Waals surface area contributed by atoms with Crippen LogP contribution in [0.15, 0.2) is 12.1 Å². The standard InChI is InChI=1S/C20H31N5O2.2ClH/c1-14-10-19(11-15(2)22-14)23-6-8-24(9-7-23)20(27)17-4-5-18(21)13-25(12-17)16(3)26;;/h10-11,17-18H,4-9,12-13,21H2,1-3H3;2*1H/t17-,18+;;/m1../s1. The Morgan fingerprint density at radius 1 is 0.966 bits per heavy atom. The molecule has 0 aromatic carbocycles. The van der Waals surface area contributed by atoms with Gasteiger partial charge in [0.25, 0.3) is 0 Å². The second-order valence-corrected chi connectivity index (χ2v) is 7.88. The maximum atomic E-state index is 13.1. The summed E-state index contributed by atoms with van der Waals surface area (Å²) in [5, 5.41) is 0. The predicted octanol–water partition coefficient (Wildman–Crippen LogP) is 1.78. The van der Waals surface area contributed by atoms with Crippen molar-refractivity contribution in [3.05, 3.63) is 23.5 Å². The van der Waals surface area contributed by atoms with Crippen LogP contribution in [0.1, 0.15) is 31.2 Å². The number of aryl methyl sites for hydroxylation is 2. The predicted molar refractivity (Wildman–Crippen MR) is 120 cm³/mol. The highest BCUT2D eigenvalue weighted by atomic mass is 35.5. The molecule has 1 aromatic rings. The van der Waals surface area contributed by atoms with E-state index < -0.39 is 0 Å². The molecule has 0 unspecified atom stereocenters. The number of aromatic nitrogens is 1. The van der Waals surface area contributed by atoms with Gasteiger partial charge in [0.1, 0.15) is 0 Å². The minimum absolute atomic E-state index is 0. The Morgan fingerprint density at radius 3 is 2.10 bits per heavy atom. The topological polar surface area (TPSA) is 82.8 Å². The minimum atomic E-state index is -0.139. The van der Waals surface area contributed by atoms with Gasteiger partial charge >= 0.3 is 0 Å². The highest BCUT2D eigenvalue weighted by Gasteiger charge is 2.32. The molecule has 2 aliphatic rings. The molecule has 0 aliphatic carbocycles. The number of nitrogens with two attached hydrogens (primary N) is 1. The SMILES string of the molecule is CC(=O)N1C[C@@H](N)CC[C@@H](C(=O)N2CCN(c3cc(C)nc(C)c3)CC2)C1.Cl.Cl. The van der Waals surface area contributed by atoms with Crippen LogP contribution in [-0.2, 0) is 9.59 Å². The van der Waals surface area contributed by atoms with Crippen LogP contribution >= 0.6 is 24.8 Å². The third-order valence-corrected chi connectivity index (χ3v) is 5.60. The van der Waals surface area contributed by atoms with Gasteiger partial charge in [-0.3, -0.25) is 14.6 Å². The number of hydrogen-bond acceptors (Lipinski definition) is 5. The van der Waals surface area contributed by atoms with Crippen LogP contribution in [0.5, 0.6) is 0 Å². The molecular weight excluding hydrogens is 413 g/mol. The monoisotopic (exact) mass is 445 g/mol. The average molecular weight is 446 g/mol. The van der Waals surface area contributed by atoms with Crippen molar-refractivity contribution in [2.24, 2.45) is 11.7 Å². The minimum Gasteiger partial charge on any atom is -0.368 e. The van der Waals surface area contributed by atoms with Crippen molar-refractivity contribution in [3.8, 4) is 0 Å². The number of nitrogens with zero attached hydrogens (tertiary/aromatic N) is 4. The molecule has 2 aliphatic heterocycles. The summed E-state index contributed by atoms with van der Waals surface area (Å²) < 4.78 is 0. The largest absolute Gasteiger partial charge is 0.368 e. The first-order valence-electron chi connectivity index (χ1n) is 9.83. The molecule has 3 heterocycles. The van der Waals surface area contributed by atoms with Gasteiger partial charge in [0.2, 0.25) is 11.8 Å². The van der Waals surface area contributed by atoms with E-state index in [9.17, 15) is 9.59 Å². The van der Waals surface area contributed by atoms with Crippen molar-refractivity contribution >= 4 is 42.3 Å². The summed E-state index contributed by atoms with van der Waals surface area (Å²) in [5.41, 5.74) is 9.29. The summed E-state index contributed by atoms with van der Waals surface area (Å²) in [4.78, 5) is 35.3. The number of hydrogen-bond donors (Lipinski definition) is 1. The average Bonchev–Trinajstić information content (AvgIpc) is 2.82. The number of rotatable bonds is 2. The molecule has 2 amide bonds. The van der Waals surface area contributed by atoms with Crippen LogP contribution in [0.25, 0.3) is 0 Å². The Morgan fingerprint density at radius 2 is 1.55 bits per heavy atom. The van der Waals surface area contributed by atoms with E-state index in [0.29, 0.717) is 26.2 Å². The zero-order chi connectivity index (χ0) is 19.6. The van der Waals surface area contributed by atoms with E-state index in [1.54, 1.807) is 11.8 Å². The van der Waals surface area contributed by atoms with Crippen molar-refractivity contribution < 1.29 is 9.59 Å². The number of pyridine rings is 1. The third-order valence-electron chi connectivity index (χ3n) is 5.60. The van der Waals surface area contributed by atoms with Gasteiger partial charge in [-0.25, -0.2) is 0 Å². The van der Waals surface area contributed by atoms with E-state index in [1.807, 2.05) is 18.7 Å². The Bertz CT molecular complexity index is 690. The molecule has 1 aromatic heterocycles. The molecule has 0 spiro atoms. The highest BCUT2D eigenvalue weighted by molar-refractivity contribution is 5.85. The Kier molecular flexibility index (Phi) is 9.65. The van der Waals surface area contributed by atoms with Crippen molar-refractivity contribution in [1.29, 1.82) is 0 Å². The number of anilines is 1. The zero-order valence-electron chi connectivity index (χ0n) is 17.5.